The number of hydrogen-bond donors (Lipinski definition) is 1. The smallest absolute Gasteiger partial charge is 0.379 e. The standard InChI is InChI=1S/C11H11N3O3/c1-2-16-11(15)9-13-10(17-14-9)7-5-3-4-6-8(7)12/h3-6H,2,12H2,1H3. The Kier molecular flexibility index (Phi) is 3.04. The fraction of sp³-hybridized carbons (Fsp3) is 0.182. The van der Waals surface area contributed by atoms with Crippen molar-refractivity contribution in [2.75, 3.05) is 12.3 Å². The maximum atomic E-state index is 11.3. The first kappa shape index (κ1) is 11.1. The van der Waals surface area contributed by atoms with Crippen LogP contribution >= 0.6 is 0 Å². The molecule has 88 valence electrons. The summed E-state index contributed by atoms with van der Waals surface area (Å²) >= 11 is 0. The molecule has 0 saturated carbocycles. The number of nitrogens with two attached hydrogens (primary N) is 1. The summed E-state index contributed by atoms with van der Waals surface area (Å²) < 4.78 is 9.71. The third-order valence-electron chi connectivity index (χ3n) is 2.08. The van der Waals surface area contributed by atoms with Crippen LogP contribution in [0.3, 0.4) is 0 Å². The molecule has 17 heavy (non-hydrogen) atoms. The lowest BCUT2D eigenvalue weighted by Gasteiger charge is -1.97. The van der Waals surface area contributed by atoms with Gasteiger partial charge in [0.05, 0.1) is 12.2 Å². The van der Waals surface area contributed by atoms with Crippen LogP contribution in [0.5, 0.6) is 0 Å². The van der Waals surface area contributed by atoms with Gasteiger partial charge in [-0.15, -0.1) is 0 Å². The highest BCUT2D eigenvalue weighted by molar-refractivity contribution is 5.85. The van der Waals surface area contributed by atoms with Crippen molar-refractivity contribution in [1.29, 1.82) is 0 Å². The molecule has 0 spiro atoms. The van der Waals surface area contributed by atoms with E-state index in [-0.39, 0.29) is 18.3 Å². The van der Waals surface area contributed by atoms with Gasteiger partial charge < -0.3 is 15.0 Å². The van der Waals surface area contributed by atoms with E-state index >= 15 is 0 Å². The molecule has 6 heteroatoms. The van der Waals surface area contributed by atoms with E-state index in [0.717, 1.165) is 0 Å². The number of rotatable bonds is 3. The number of carbonyl (C=O) groups excluding carboxylic acids is 1. The predicted molar refractivity (Wildman–Crippen MR) is 60.1 cm³/mol. The number of hydrogen-bond acceptors (Lipinski definition) is 6. The van der Waals surface area contributed by atoms with Crippen LogP contribution < -0.4 is 5.73 Å². The van der Waals surface area contributed by atoms with E-state index in [1.165, 1.54) is 0 Å². The Labute approximate surface area is 97.4 Å². The van der Waals surface area contributed by atoms with Crippen LogP contribution in [0.15, 0.2) is 28.8 Å². The molecule has 0 aliphatic heterocycles. The van der Waals surface area contributed by atoms with Gasteiger partial charge in [0.25, 0.3) is 11.7 Å². The van der Waals surface area contributed by atoms with E-state index in [0.29, 0.717) is 11.3 Å². The van der Waals surface area contributed by atoms with Gasteiger partial charge in [-0.3, -0.25) is 0 Å². The maximum absolute atomic E-state index is 11.3. The molecule has 0 fully saturated rings. The van der Waals surface area contributed by atoms with Crippen molar-refractivity contribution in [3.05, 3.63) is 30.1 Å². The van der Waals surface area contributed by atoms with E-state index in [2.05, 4.69) is 10.1 Å². The topological polar surface area (TPSA) is 91.2 Å². The number of ether oxygens (including phenoxy) is 1. The molecule has 0 bridgehead atoms. The number of benzene rings is 1. The number of aromatic nitrogens is 2. The largest absolute Gasteiger partial charge is 0.460 e. The molecule has 0 saturated heterocycles. The molecule has 0 radical (unpaired) electrons. The average molecular weight is 233 g/mol. The molecule has 0 aliphatic rings. The van der Waals surface area contributed by atoms with Crippen LogP contribution in [-0.4, -0.2) is 22.7 Å². The number of nitrogens with zero attached hydrogens (tertiary/aromatic N) is 2. The van der Waals surface area contributed by atoms with E-state index in [1.807, 2.05) is 0 Å². The first-order chi connectivity index (χ1) is 8.22. The summed E-state index contributed by atoms with van der Waals surface area (Å²) in [6.07, 6.45) is 0. The summed E-state index contributed by atoms with van der Waals surface area (Å²) in [5.74, 6) is -0.520. The fourth-order valence-electron chi connectivity index (χ4n) is 1.30. The van der Waals surface area contributed by atoms with E-state index in [4.69, 9.17) is 15.0 Å². The molecule has 6 nitrogen and oxygen atoms in total. The Morgan fingerprint density at radius 1 is 1.47 bits per heavy atom. The molecule has 2 aromatic rings. The second-order valence-corrected chi connectivity index (χ2v) is 3.23. The second kappa shape index (κ2) is 4.65. The summed E-state index contributed by atoms with van der Waals surface area (Å²) in [6.45, 7) is 1.96. The van der Waals surface area contributed by atoms with Crippen LogP contribution in [0.1, 0.15) is 17.5 Å². The van der Waals surface area contributed by atoms with Gasteiger partial charge in [0.2, 0.25) is 0 Å². The van der Waals surface area contributed by atoms with Gasteiger partial charge in [0.15, 0.2) is 0 Å². The first-order valence-electron chi connectivity index (χ1n) is 5.08. The van der Waals surface area contributed by atoms with Gasteiger partial charge in [0.1, 0.15) is 0 Å². The normalized spacial score (nSPS) is 10.2. The van der Waals surface area contributed by atoms with E-state index in [1.54, 1.807) is 31.2 Å². The molecule has 1 aromatic carbocycles. The molecule has 0 aliphatic carbocycles. The number of esters is 1. The van der Waals surface area contributed by atoms with Gasteiger partial charge in [0, 0.05) is 5.69 Å². The number of para-hydroxylation sites is 1. The summed E-state index contributed by atoms with van der Waals surface area (Å²) in [5, 5.41) is 3.54. The quantitative estimate of drug-likeness (QED) is 0.638. The zero-order valence-electron chi connectivity index (χ0n) is 9.21. The molecule has 2 N–H and O–H groups in total. The fourth-order valence-corrected chi connectivity index (χ4v) is 1.30. The summed E-state index contributed by atoms with van der Waals surface area (Å²) in [7, 11) is 0. The molecule has 0 amide bonds. The third kappa shape index (κ3) is 2.25. The highest BCUT2D eigenvalue weighted by Crippen LogP contribution is 2.23. The number of anilines is 1. The molecule has 1 aromatic heterocycles. The second-order valence-electron chi connectivity index (χ2n) is 3.23. The maximum Gasteiger partial charge on any atom is 0.379 e. The van der Waals surface area contributed by atoms with E-state index in [9.17, 15) is 4.79 Å². The molecule has 2 rings (SSSR count). The Morgan fingerprint density at radius 3 is 2.94 bits per heavy atom. The van der Waals surface area contributed by atoms with Crippen LogP contribution in [0.25, 0.3) is 11.5 Å². The minimum absolute atomic E-state index is 0.106. The van der Waals surface area contributed by atoms with Crippen molar-refractivity contribution in [3.63, 3.8) is 0 Å². The lowest BCUT2D eigenvalue weighted by molar-refractivity contribution is 0.0508. The third-order valence-corrected chi connectivity index (χ3v) is 2.08. The Hall–Kier alpha value is -2.37. The molecular weight excluding hydrogens is 222 g/mol. The van der Waals surface area contributed by atoms with Gasteiger partial charge in [-0.2, -0.15) is 4.98 Å². The van der Waals surface area contributed by atoms with Crippen LogP contribution in [-0.2, 0) is 4.74 Å². The Balaban J connectivity index is 2.30. The monoisotopic (exact) mass is 233 g/mol. The zero-order valence-corrected chi connectivity index (χ0v) is 9.21. The van der Waals surface area contributed by atoms with Gasteiger partial charge in [-0.1, -0.05) is 12.1 Å². The molecule has 1 heterocycles. The van der Waals surface area contributed by atoms with Gasteiger partial charge >= 0.3 is 5.97 Å². The van der Waals surface area contributed by atoms with Crippen molar-refractivity contribution < 1.29 is 14.1 Å². The Morgan fingerprint density at radius 2 is 2.24 bits per heavy atom. The SMILES string of the molecule is CCOC(=O)c1noc(-c2ccccc2N)n1. The Bertz CT molecular complexity index is 536. The van der Waals surface area contributed by atoms with Gasteiger partial charge in [-0.25, -0.2) is 4.79 Å². The highest BCUT2D eigenvalue weighted by Gasteiger charge is 2.17. The van der Waals surface area contributed by atoms with Crippen molar-refractivity contribution in [3.8, 4) is 11.5 Å². The van der Waals surface area contributed by atoms with Crippen molar-refractivity contribution in [2.45, 2.75) is 6.92 Å². The minimum atomic E-state index is -0.614. The molecule has 0 unspecified atom stereocenters. The van der Waals surface area contributed by atoms with Crippen molar-refractivity contribution in [1.82, 2.24) is 10.1 Å². The lowest BCUT2D eigenvalue weighted by Crippen LogP contribution is -2.06. The van der Waals surface area contributed by atoms with E-state index < -0.39 is 5.97 Å². The van der Waals surface area contributed by atoms with Crippen LogP contribution in [0, 0.1) is 0 Å². The molecule has 0 atom stereocenters. The first-order valence-corrected chi connectivity index (χ1v) is 5.08. The number of nitrogen functional groups attached to an aromatic ring is 1. The summed E-state index contributed by atoms with van der Waals surface area (Å²) in [4.78, 5) is 15.3. The number of carbonyl (C=O) groups is 1. The van der Waals surface area contributed by atoms with Crippen LogP contribution in [0.2, 0.25) is 0 Å². The highest BCUT2D eigenvalue weighted by atomic mass is 16.5. The summed E-state index contributed by atoms with van der Waals surface area (Å²) in [6, 6.07) is 7.03. The lowest BCUT2D eigenvalue weighted by atomic mass is 10.2. The molecular formula is C11H11N3O3. The zero-order chi connectivity index (χ0) is 12.3. The van der Waals surface area contributed by atoms with Crippen LogP contribution in [0.4, 0.5) is 5.69 Å². The van der Waals surface area contributed by atoms with Crippen molar-refractivity contribution >= 4 is 11.7 Å². The summed E-state index contributed by atoms with van der Waals surface area (Å²) in [5.41, 5.74) is 6.85. The van der Waals surface area contributed by atoms with Gasteiger partial charge in [-0.05, 0) is 24.2 Å². The predicted octanol–water partition coefficient (Wildman–Crippen LogP) is 1.50. The van der Waals surface area contributed by atoms with Crippen molar-refractivity contribution in [2.24, 2.45) is 0 Å². The minimum Gasteiger partial charge on any atom is -0.460 e. The average Bonchev–Trinajstić information content (AvgIpc) is 2.79.